The maximum Gasteiger partial charge on any atom is 0.130 e. The molecule has 0 atom stereocenters. The van der Waals surface area contributed by atoms with Crippen LogP contribution in [0.15, 0.2) is 18.2 Å². The Morgan fingerprint density at radius 1 is 1.12 bits per heavy atom. The van der Waals surface area contributed by atoms with E-state index in [1.54, 1.807) is 0 Å². The first kappa shape index (κ1) is 13.1. The van der Waals surface area contributed by atoms with E-state index in [4.69, 9.17) is 0 Å². The van der Waals surface area contributed by atoms with E-state index in [9.17, 15) is 8.78 Å². The van der Waals surface area contributed by atoms with Crippen LogP contribution in [0.25, 0.3) is 0 Å². The van der Waals surface area contributed by atoms with Gasteiger partial charge in [-0.3, -0.25) is 0 Å². The number of unbranched alkanes of at least 4 members (excludes halogenated alkanes) is 3. The highest BCUT2D eigenvalue weighted by Crippen LogP contribution is 2.09. The van der Waals surface area contributed by atoms with Crippen LogP contribution >= 0.6 is 0 Å². The molecular weight excluding hydrogens is 208 g/mol. The van der Waals surface area contributed by atoms with E-state index in [1.165, 1.54) is 31.4 Å². The van der Waals surface area contributed by atoms with Gasteiger partial charge in [0.05, 0.1) is 0 Å². The van der Waals surface area contributed by atoms with Gasteiger partial charge < -0.3 is 5.32 Å². The van der Waals surface area contributed by atoms with Crippen molar-refractivity contribution in [3.8, 4) is 0 Å². The Balaban J connectivity index is 2.21. The fourth-order valence-corrected chi connectivity index (χ4v) is 1.56. The lowest BCUT2D eigenvalue weighted by Gasteiger charge is -2.05. The van der Waals surface area contributed by atoms with E-state index in [0.29, 0.717) is 12.1 Å². The topological polar surface area (TPSA) is 12.0 Å². The zero-order valence-corrected chi connectivity index (χ0v) is 9.73. The summed E-state index contributed by atoms with van der Waals surface area (Å²) in [5.74, 6) is -0.995. The average Bonchev–Trinajstić information content (AvgIpc) is 2.26. The van der Waals surface area contributed by atoms with Gasteiger partial charge in [0.15, 0.2) is 0 Å². The summed E-state index contributed by atoms with van der Waals surface area (Å²) in [7, 11) is 0. The lowest BCUT2D eigenvalue weighted by atomic mass is 10.2. The number of hydrogen-bond acceptors (Lipinski definition) is 1. The average molecular weight is 227 g/mol. The van der Waals surface area contributed by atoms with Gasteiger partial charge in [-0.25, -0.2) is 8.78 Å². The van der Waals surface area contributed by atoms with Gasteiger partial charge in [0, 0.05) is 18.2 Å². The van der Waals surface area contributed by atoms with E-state index in [1.807, 2.05) is 0 Å². The van der Waals surface area contributed by atoms with Crippen molar-refractivity contribution in [3.63, 3.8) is 0 Å². The minimum Gasteiger partial charge on any atom is -0.313 e. The molecule has 0 heterocycles. The van der Waals surface area contributed by atoms with E-state index < -0.39 is 11.6 Å². The quantitative estimate of drug-likeness (QED) is 0.701. The van der Waals surface area contributed by atoms with E-state index in [0.717, 1.165) is 19.0 Å². The molecule has 1 aromatic carbocycles. The second kappa shape index (κ2) is 7.34. The highest BCUT2D eigenvalue weighted by molar-refractivity contribution is 5.18. The van der Waals surface area contributed by atoms with Crippen LogP contribution in [0.2, 0.25) is 0 Å². The fraction of sp³-hybridized carbons (Fsp3) is 0.538. The largest absolute Gasteiger partial charge is 0.313 e. The van der Waals surface area contributed by atoms with Crippen molar-refractivity contribution >= 4 is 0 Å². The predicted octanol–water partition coefficient (Wildman–Crippen LogP) is 3.63. The van der Waals surface area contributed by atoms with Crippen molar-refractivity contribution < 1.29 is 8.78 Å². The van der Waals surface area contributed by atoms with Crippen molar-refractivity contribution in [1.29, 1.82) is 0 Å². The third kappa shape index (κ3) is 4.71. The van der Waals surface area contributed by atoms with Crippen LogP contribution in [0.5, 0.6) is 0 Å². The van der Waals surface area contributed by atoms with E-state index >= 15 is 0 Å². The summed E-state index contributed by atoms with van der Waals surface area (Å²) in [5.41, 5.74) is 0.525. The Hall–Kier alpha value is -0.960. The third-order valence-electron chi connectivity index (χ3n) is 2.54. The van der Waals surface area contributed by atoms with Crippen LogP contribution in [0.1, 0.15) is 38.2 Å². The molecule has 3 heteroatoms. The zero-order valence-electron chi connectivity index (χ0n) is 9.73. The molecule has 0 aliphatic carbocycles. The van der Waals surface area contributed by atoms with Gasteiger partial charge in [-0.2, -0.15) is 0 Å². The Morgan fingerprint density at radius 2 is 1.94 bits per heavy atom. The summed E-state index contributed by atoms with van der Waals surface area (Å²) in [6.45, 7) is 3.52. The van der Waals surface area contributed by atoms with Crippen LogP contribution in [0.4, 0.5) is 8.78 Å². The molecule has 0 fully saturated rings. The van der Waals surface area contributed by atoms with Gasteiger partial charge in [0.2, 0.25) is 0 Å². The molecule has 1 rings (SSSR count). The van der Waals surface area contributed by atoms with Gasteiger partial charge in [-0.05, 0) is 19.0 Å². The lowest BCUT2D eigenvalue weighted by Crippen LogP contribution is -2.15. The number of rotatable bonds is 7. The Bertz CT molecular complexity index is 313. The molecule has 0 radical (unpaired) electrons. The zero-order chi connectivity index (χ0) is 11.8. The minimum atomic E-state index is -0.524. The summed E-state index contributed by atoms with van der Waals surface area (Å²) in [6.07, 6.45) is 4.77. The molecule has 1 aromatic rings. The SMILES string of the molecule is CCCCCCNCc1ccc(F)cc1F. The Kier molecular flexibility index (Phi) is 6.01. The molecule has 0 saturated carbocycles. The Labute approximate surface area is 95.9 Å². The number of halogens is 2. The van der Waals surface area contributed by atoms with E-state index in [-0.39, 0.29) is 0 Å². The normalized spacial score (nSPS) is 10.7. The first-order valence-electron chi connectivity index (χ1n) is 5.88. The first-order chi connectivity index (χ1) is 7.74. The van der Waals surface area contributed by atoms with Gasteiger partial charge >= 0.3 is 0 Å². The number of nitrogens with one attached hydrogen (secondary N) is 1. The highest BCUT2D eigenvalue weighted by atomic mass is 19.1. The molecule has 1 N–H and O–H groups in total. The molecule has 0 saturated heterocycles. The second-order valence-corrected chi connectivity index (χ2v) is 3.97. The summed E-state index contributed by atoms with van der Waals surface area (Å²) < 4.78 is 25.8. The van der Waals surface area contributed by atoms with Crippen molar-refractivity contribution in [2.45, 2.75) is 39.2 Å². The van der Waals surface area contributed by atoms with Gasteiger partial charge in [-0.1, -0.05) is 32.3 Å². The van der Waals surface area contributed by atoms with Crippen LogP contribution in [-0.2, 0) is 6.54 Å². The lowest BCUT2D eigenvalue weighted by molar-refractivity contribution is 0.551. The minimum absolute atomic E-state index is 0.470. The van der Waals surface area contributed by atoms with Crippen molar-refractivity contribution in [2.24, 2.45) is 0 Å². The van der Waals surface area contributed by atoms with Crippen LogP contribution < -0.4 is 5.32 Å². The van der Waals surface area contributed by atoms with Crippen LogP contribution in [0.3, 0.4) is 0 Å². The standard InChI is InChI=1S/C13H19F2N/c1-2-3-4-5-8-16-10-11-6-7-12(14)9-13(11)15/h6-7,9,16H,2-5,8,10H2,1H3. The molecule has 1 nitrogen and oxygen atoms in total. The maximum atomic E-state index is 13.2. The molecule has 16 heavy (non-hydrogen) atoms. The summed E-state index contributed by atoms with van der Waals surface area (Å²) >= 11 is 0. The fourth-order valence-electron chi connectivity index (χ4n) is 1.56. The van der Waals surface area contributed by atoms with Crippen LogP contribution in [0, 0.1) is 11.6 Å². The number of hydrogen-bond donors (Lipinski definition) is 1. The molecule has 0 aliphatic rings. The Morgan fingerprint density at radius 3 is 2.62 bits per heavy atom. The van der Waals surface area contributed by atoms with Crippen molar-refractivity contribution in [2.75, 3.05) is 6.54 Å². The first-order valence-corrected chi connectivity index (χ1v) is 5.88. The van der Waals surface area contributed by atoms with Gasteiger partial charge in [0.1, 0.15) is 11.6 Å². The molecule has 0 aliphatic heterocycles. The van der Waals surface area contributed by atoms with Gasteiger partial charge in [0.25, 0.3) is 0 Å². The molecule has 0 spiro atoms. The van der Waals surface area contributed by atoms with Crippen molar-refractivity contribution in [3.05, 3.63) is 35.4 Å². The highest BCUT2D eigenvalue weighted by Gasteiger charge is 2.02. The molecule has 0 unspecified atom stereocenters. The maximum absolute atomic E-state index is 13.2. The van der Waals surface area contributed by atoms with E-state index in [2.05, 4.69) is 12.2 Å². The summed E-state index contributed by atoms with van der Waals surface area (Å²) in [6, 6.07) is 3.70. The third-order valence-corrected chi connectivity index (χ3v) is 2.54. The monoisotopic (exact) mass is 227 g/mol. The second-order valence-electron chi connectivity index (χ2n) is 3.97. The summed E-state index contributed by atoms with van der Waals surface area (Å²) in [4.78, 5) is 0. The van der Waals surface area contributed by atoms with Crippen LogP contribution in [-0.4, -0.2) is 6.54 Å². The van der Waals surface area contributed by atoms with Gasteiger partial charge in [-0.15, -0.1) is 0 Å². The number of benzene rings is 1. The molecular formula is C13H19F2N. The predicted molar refractivity (Wildman–Crippen MR) is 62.2 cm³/mol. The molecule has 0 bridgehead atoms. The molecule has 0 aromatic heterocycles. The smallest absolute Gasteiger partial charge is 0.130 e. The molecule has 90 valence electrons. The molecule has 0 amide bonds. The summed E-state index contributed by atoms with van der Waals surface area (Å²) in [5, 5.41) is 3.16. The van der Waals surface area contributed by atoms with Crippen molar-refractivity contribution in [1.82, 2.24) is 5.32 Å².